The van der Waals surface area contributed by atoms with Gasteiger partial charge in [0.1, 0.15) is 5.82 Å². The first-order valence-electron chi connectivity index (χ1n) is 7.07. The summed E-state index contributed by atoms with van der Waals surface area (Å²) in [5.41, 5.74) is 0.622. The fourth-order valence-corrected chi connectivity index (χ4v) is 2.22. The van der Waals surface area contributed by atoms with Crippen LogP contribution in [0.15, 0.2) is 24.3 Å². The van der Waals surface area contributed by atoms with Crippen molar-refractivity contribution in [1.82, 2.24) is 15.5 Å². The van der Waals surface area contributed by atoms with Crippen LogP contribution >= 0.6 is 11.6 Å². The number of aromatic amines is 1. The van der Waals surface area contributed by atoms with Crippen LogP contribution in [0.5, 0.6) is 0 Å². The van der Waals surface area contributed by atoms with Gasteiger partial charge in [-0.2, -0.15) is 5.10 Å². The summed E-state index contributed by atoms with van der Waals surface area (Å²) in [6.07, 6.45) is 1.78. The summed E-state index contributed by atoms with van der Waals surface area (Å²) in [5, 5.41) is 11.6. The molecule has 1 heterocycles. The Morgan fingerprint density at radius 1 is 1.39 bits per heavy atom. The maximum Gasteiger partial charge on any atom is 0.256 e. The van der Waals surface area contributed by atoms with Crippen LogP contribution < -0.4 is 10.6 Å². The number of hydrogen-bond donors (Lipinski definition) is 3. The van der Waals surface area contributed by atoms with Crippen molar-refractivity contribution < 1.29 is 14.0 Å². The molecule has 0 saturated heterocycles. The number of nitrogens with zero attached hydrogens (tertiary/aromatic N) is 1. The molecule has 0 unspecified atom stereocenters. The molecule has 1 aromatic heterocycles. The number of anilines is 1. The van der Waals surface area contributed by atoms with Gasteiger partial charge in [0, 0.05) is 11.8 Å². The highest BCUT2D eigenvalue weighted by molar-refractivity contribution is 6.33. The second-order valence-corrected chi connectivity index (χ2v) is 5.26. The zero-order valence-corrected chi connectivity index (χ0v) is 13.2. The Hall–Kier alpha value is -2.41. The van der Waals surface area contributed by atoms with E-state index in [1.165, 1.54) is 12.1 Å². The van der Waals surface area contributed by atoms with Crippen molar-refractivity contribution in [2.75, 3.05) is 11.9 Å². The molecule has 2 aromatic rings. The van der Waals surface area contributed by atoms with E-state index in [0.29, 0.717) is 5.82 Å². The molecule has 0 atom stereocenters. The summed E-state index contributed by atoms with van der Waals surface area (Å²) in [6.45, 7) is 1.71. The number of rotatable bonds is 6. The Labute approximate surface area is 137 Å². The van der Waals surface area contributed by atoms with Gasteiger partial charge in [-0.05, 0) is 18.6 Å². The minimum Gasteiger partial charge on any atom is -0.343 e. The predicted octanol–water partition coefficient (Wildman–Crippen LogP) is 2.52. The molecule has 0 radical (unpaired) electrons. The average molecular weight is 339 g/mol. The van der Waals surface area contributed by atoms with Gasteiger partial charge >= 0.3 is 0 Å². The van der Waals surface area contributed by atoms with Gasteiger partial charge in [-0.1, -0.05) is 31.0 Å². The van der Waals surface area contributed by atoms with E-state index in [1.807, 2.05) is 6.92 Å². The van der Waals surface area contributed by atoms with Crippen molar-refractivity contribution in [2.45, 2.75) is 19.8 Å². The van der Waals surface area contributed by atoms with Crippen LogP contribution in [-0.2, 0) is 11.2 Å². The van der Waals surface area contributed by atoms with Crippen molar-refractivity contribution in [3.05, 3.63) is 46.4 Å². The van der Waals surface area contributed by atoms with Crippen molar-refractivity contribution >= 4 is 29.2 Å². The molecule has 122 valence electrons. The zero-order chi connectivity index (χ0) is 16.8. The second-order valence-electron chi connectivity index (χ2n) is 4.86. The number of aromatic nitrogens is 2. The monoisotopic (exact) mass is 338 g/mol. The van der Waals surface area contributed by atoms with E-state index >= 15 is 0 Å². The van der Waals surface area contributed by atoms with Gasteiger partial charge in [-0.25, -0.2) is 4.39 Å². The van der Waals surface area contributed by atoms with Crippen LogP contribution in [0.4, 0.5) is 10.2 Å². The molecule has 0 aliphatic carbocycles. The third-order valence-electron chi connectivity index (χ3n) is 3.02. The molecule has 1 aromatic carbocycles. The van der Waals surface area contributed by atoms with Crippen molar-refractivity contribution in [1.29, 1.82) is 0 Å². The molecular formula is C15H16ClFN4O2. The predicted molar refractivity (Wildman–Crippen MR) is 85.0 cm³/mol. The third kappa shape index (κ3) is 4.53. The Morgan fingerprint density at radius 2 is 2.17 bits per heavy atom. The number of carbonyl (C=O) groups is 2. The zero-order valence-electron chi connectivity index (χ0n) is 12.5. The van der Waals surface area contributed by atoms with Gasteiger partial charge in [0.05, 0.1) is 17.1 Å². The lowest BCUT2D eigenvalue weighted by Gasteiger charge is -2.07. The highest BCUT2D eigenvalue weighted by Crippen LogP contribution is 2.18. The molecule has 0 fully saturated rings. The fourth-order valence-electron chi connectivity index (χ4n) is 1.97. The summed E-state index contributed by atoms with van der Waals surface area (Å²) in [5.74, 6) is -1.60. The van der Waals surface area contributed by atoms with Crippen LogP contribution in [0, 0.1) is 5.82 Å². The summed E-state index contributed by atoms with van der Waals surface area (Å²) in [7, 11) is 0. The van der Waals surface area contributed by atoms with Crippen molar-refractivity contribution in [3.63, 3.8) is 0 Å². The van der Waals surface area contributed by atoms with E-state index in [-0.39, 0.29) is 17.1 Å². The Morgan fingerprint density at radius 3 is 2.87 bits per heavy atom. The van der Waals surface area contributed by atoms with Crippen LogP contribution in [0.25, 0.3) is 0 Å². The van der Waals surface area contributed by atoms with Crippen LogP contribution in [0.1, 0.15) is 29.4 Å². The number of amides is 2. The molecule has 0 spiro atoms. The van der Waals surface area contributed by atoms with Gasteiger partial charge in [0.15, 0.2) is 5.82 Å². The molecule has 0 saturated carbocycles. The van der Waals surface area contributed by atoms with Crippen molar-refractivity contribution in [3.8, 4) is 0 Å². The summed E-state index contributed by atoms with van der Waals surface area (Å²) >= 11 is 5.79. The Kier molecular flexibility index (Phi) is 5.70. The number of aryl methyl sites for hydroxylation is 1. The van der Waals surface area contributed by atoms with Gasteiger partial charge in [-0.3, -0.25) is 14.7 Å². The molecule has 0 bridgehead atoms. The van der Waals surface area contributed by atoms with Gasteiger partial charge in [0.2, 0.25) is 5.91 Å². The smallest absolute Gasteiger partial charge is 0.256 e. The highest BCUT2D eigenvalue weighted by Gasteiger charge is 2.16. The van der Waals surface area contributed by atoms with Crippen LogP contribution in [0.3, 0.4) is 0 Å². The number of H-pyrrole nitrogens is 1. The summed E-state index contributed by atoms with van der Waals surface area (Å²) in [6, 6.07) is 5.64. The first-order valence-corrected chi connectivity index (χ1v) is 7.45. The van der Waals surface area contributed by atoms with Crippen LogP contribution in [0.2, 0.25) is 5.02 Å². The van der Waals surface area contributed by atoms with E-state index in [9.17, 15) is 14.0 Å². The lowest BCUT2D eigenvalue weighted by molar-refractivity contribution is -0.115. The molecule has 2 amide bonds. The van der Waals surface area contributed by atoms with E-state index in [2.05, 4.69) is 20.8 Å². The lowest BCUT2D eigenvalue weighted by atomic mass is 10.2. The minimum atomic E-state index is -0.753. The number of benzene rings is 1. The van der Waals surface area contributed by atoms with E-state index < -0.39 is 17.6 Å². The number of halogens is 2. The molecule has 3 N–H and O–H groups in total. The number of hydrogen-bond acceptors (Lipinski definition) is 3. The summed E-state index contributed by atoms with van der Waals surface area (Å²) in [4.78, 5) is 23.7. The normalized spacial score (nSPS) is 10.4. The summed E-state index contributed by atoms with van der Waals surface area (Å²) < 4.78 is 13.6. The van der Waals surface area contributed by atoms with Crippen molar-refractivity contribution in [2.24, 2.45) is 0 Å². The minimum absolute atomic E-state index is 0.0144. The topological polar surface area (TPSA) is 86.9 Å². The molecule has 0 aliphatic heterocycles. The van der Waals surface area contributed by atoms with Gasteiger partial charge < -0.3 is 10.6 Å². The third-order valence-corrected chi connectivity index (χ3v) is 3.33. The largest absolute Gasteiger partial charge is 0.343 e. The maximum atomic E-state index is 13.6. The molecule has 8 heteroatoms. The lowest BCUT2D eigenvalue weighted by Crippen LogP contribution is -2.33. The Balaban J connectivity index is 1.89. The Bertz CT molecular complexity index is 697. The second kappa shape index (κ2) is 7.73. The molecular weight excluding hydrogens is 323 g/mol. The maximum absolute atomic E-state index is 13.6. The van der Waals surface area contributed by atoms with Gasteiger partial charge in [-0.15, -0.1) is 0 Å². The van der Waals surface area contributed by atoms with Gasteiger partial charge in [0.25, 0.3) is 5.91 Å². The highest BCUT2D eigenvalue weighted by atomic mass is 35.5. The molecule has 23 heavy (non-hydrogen) atoms. The fraction of sp³-hybridized carbons (Fsp3) is 0.267. The van der Waals surface area contributed by atoms with E-state index in [1.54, 1.807) is 6.07 Å². The molecule has 6 nitrogen and oxygen atoms in total. The molecule has 0 aliphatic rings. The van der Waals surface area contributed by atoms with Crippen LogP contribution in [-0.4, -0.2) is 28.6 Å². The van der Waals surface area contributed by atoms with E-state index in [0.717, 1.165) is 24.6 Å². The van der Waals surface area contributed by atoms with E-state index in [4.69, 9.17) is 11.6 Å². The first-order chi connectivity index (χ1) is 11.0. The number of nitrogens with one attached hydrogen (secondary N) is 3. The average Bonchev–Trinajstić information content (AvgIpc) is 2.92. The SMILES string of the molecule is CCCc1cc(NC(=O)CNC(=O)c2c(F)cccc2Cl)n[nH]1. The first kappa shape index (κ1) is 17.0. The molecule has 2 rings (SSSR count). The quantitative estimate of drug-likeness (QED) is 0.756. The standard InChI is InChI=1S/C15H16ClFN4O2/c1-2-4-9-7-12(21-20-9)19-13(22)8-18-15(23)14-10(16)5-3-6-11(14)17/h3,5-7H,2,4,8H2,1H3,(H,18,23)(H2,19,20,21,22). The number of carbonyl (C=O) groups excluding carboxylic acids is 2.